The summed E-state index contributed by atoms with van der Waals surface area (Å²) in [7, 11) is 0. The first-order chi connectivity index (χ1) is 11.4. The van der Waals surface area contributed by atoms with Crippen LogP contribution in [0.2, 0.25) is 0 Å². The predicted octanol–water partition coefficient (Wildman–Crippen LogP) is 0.569. The SMILES string of the molecule is C=C(C)c1ccccc1N1CCN(C(=O)C(=O)NCC(=O)O)CC1. The molecule has 1 aliphatic heterocycles. The van der Waals surface area contributed by atoms with E-state index in [-0.39, 0.29) is 0 Å². The van der Waals surface area contributed by atoms with E-state index >= 15 is 0 Å². The van der Waals surface area contributed by atoms with Crippen LogP contribution in [0.3, 0.4) is 0 Å². The Morgan fingerprint density at radius 2 is 1.79 bits per heavy atom. The van der Waals surface area contributed by atoms with Gasteiger partial charge in [0.2, 0.25) is 0 Å². The summed E-state index contributed by atoms with van der Waals surface area (Å²) >= 11 is 0. The number of allylic oxidation sites excluding steroid dienone is 1. The molecule has 0 spiro atoms. The number of piperazine rings is 1. The third-order valence-electron chi connectivity index (χ3n) is 3.87. The molecule has 1 heterocycles. The second-order valence-corrected chi connectivity index (χ2v) is 5.65. The van der Waals surface area contributed by atoms with Crippen LogP contribution < -0.4 is 10.2 Å². The monoisotopic (exact) mass is 331 g/mol. The lowest BCUT2D eigenvalue weighted by atomic mass is 10.1. The van der Waals surface area contributed by atoms with Gasteiger partial charge in [-0.3, -0.25) is 14.4 Å². The summed E-state index contributed by atoms with van der Waals surface area (Å²) in [6, 6.07) is 7.94. The summed E-state index contributed by atoms with van der Waals surface area (Å²) in [5.74, 6) is -2.75. The minimum Gasteiger partial charge on any atom is -0.480 e. The van der Waals surface area contributed by atoms with Gasteiger partial charge in [0.15, 0.2) is 0 Å². The third-order valence-corrected chi connectivity index (χ3v) is 3.87. The van der Waals surface area contributed by atoms with E-state index < -0.39 is 24.3 Å². The maximum atomic E-state index is 12.0. The van der Waals surface area contributed by atoms with Gasteiger partial charge in [-0.05, 0) is 18.6 Å². The van der Waals surface area contributed by atoms with Crippen LogP contribution in [-0.2, 0) is 14.4 Å². The van der Waals surface area contributed by atoms with Crippen molar-refractivity contribution in [2.75, 3.05) is 37.6 Å². The van der Waals surface area contributed by atoms with Gasteiger partial charge in [0.05, 0.1) is 0 Å². The van der Waals surface area contributed by atoms with Crippen LogP contribution in [0.15, 0.2) is 30.8 Å². The molecule has 24 heavy (non-hydrogen) atoms. The summed E-state index contributed by atoms with van der Waals surface area (Å²) < 4.78 is 0. The van der Waals surface area contributed by atoms with Crippen molar-refractivity contribution in [3.05, 3.63) is 36.4 Å². The molecular weight excluding hydrogens is 310 g/mol. The van der Waals surface area contributed by atoms with Crippen LogP contribution in [0, 0.1) is 0 Å². The number of aliphatic carboxylic acids is 1. The number of carboxylic acid groups (broad SMARTS) is 1. The van der Waals surface area contributed by atoms with Crippen LogP contribution in [0.4, 0.5) is 5.69 Å². The highest BCUT2D eigenvalue weighted by atomic mass is 16.4. The fourth-order valence-corrected chi connectivity index (χ4v) is 2.64. The summed E-state index contributed by atoms with van der Waals surface area (Å²) in [5, 5.41) is 10.6. The number of nitrogens with one attached hydrogen (secondary N) is 1. The smallest absolute Gasteiger partial charge is 0.322 e. The van der Waals surface area contributed by atoms with Gasteiger partial charge in [-0.25, -0.2) is 0 Å². The zero-order chi connectivity index (χ0) is 17.7. The average molecular weight is 331 g/mol. The second kappa shape index (κ2) is 7.63. The van der Waals surface area contributed by atoms with E-state index in [9.17, 15) is 14.4 Å². The minimum atomic E-state index is -1.18. The topological polar surface area (TPSA) is 90.0 Å². The highest BCUT2D eigenvalue weighted by molar-refractivity contribution is 6.35. The quantitative estimate of drug-likeness (QED) is 0.787. The zero-order valence-electron chi connectivity index (χ0n) is 13.6. The molecule has 2 amide bonds. The van der Waals surface area contributed by atoms with Gasteiger partial charge in [0.1, 0.15) is 6.54 Å². The predicted molar refractivity (Wildman–Crippen MR) is 90.6 cm³/mol. The van der Waals surface area contributed by atoms with E-state index in [1.54, 1.807) is 0 Å². The summed E-state index contributed by atoms with van der Waals surface area (Å²) in [4.78, 5) is 37.7. The van der Waals surface area contributed by atoms with E-state index in [0.717, 1.165) is 16.8 Å². The van der Waals surface area contributed by atoms with E-state index in [2.05, 4.69) is 16.8 Å². The van der Waals surface area contributed by atoms with Gasteiger partial charge in [0.25, 0.3) is 0 Å². The molecule has 0 aromatic heterocycles. The summed E-state index contributed by atoms with van der Waals surface area (Å²) in [6.07, 6.45) is 0. The molecule has 1 aliphatic rings. The maximum Gasteiger partial charge on any atom is 0.322 e. The molecule has 0 unspecified atom stereocenters. The molecule has 0 saturated carbocycles. The number of rotatable bonds is 4. The van der Waals surface area contributed by atoms with Gasteiger partial charge < -0.3 is 20.2 Å². The Morgan fingerprint density at radius 1 is 1.17 bits per heavy atom. The highest BCUT2D eigenvalue weighted by Crippen LogP contribution is 2.26. The Labute approximate surface area is 140 Å². The third kappa shape index (κ3) is 4.13. The van der Waals surface area contributed by atoms with Gasteiger partial charge >= 0.3 is 17.8 Å². The number of carbonyl (C=O) groups is 3. The van der Waals surface area contributed by atoms with E-state index in [1.165, 1.54) is 4.90 Å². The molecule has 2 rings (SSSR count). The molecule has 0 atom stereocenters. The number of benzene rings is 1. The van der Waals surface area contributed by atoms with Crippen molar-refractivity contribution in [2.45, 2.75) is 6.92 Å². The van der Waals surface area contributed by atoms with Gasteiger partial charge in [0, 0.05) is 37.4 Å². The van der Waals surface area contributed by atoms with Crippen LogP contribution >= 0.6 is 0 Å². The Kier molecular flexibility index (Phi) is 5.57. The molecule has 1 fully saturated rings. The lowest BCUT2D eigenvalue weighted by Gasteiger charge is -2.36. The minimum absolute atomic E-state index is 0.407. The van der Waals surface area contributed by atoms with Crippen molar-refractivity contribution in [3.8, 4) is 0 Å². The first kappa shape index (κ1) is 17.5. The van der Waals surface area contributed by atoms with Gasteiger partial charge in [-0.1, -0.05) is 24.8 Å². The van der Waals surface area contributed by atoms with Crippen LogP contribution in [-0.4, -0.2) is 60.5 Å². The molecule has 7 nitrogen and oxygen atoms in total. The van der Waals surface area contributed by atoms with Crippen LogP contribution in [0.25, 0.3) is 5.57 Å². The average Bonchev–Trinajstić information content (AvgIpc) is 2.59. The first-order valence-corrected chi connectivity index (χ1v) is 7.69. The largest absolute Gasteiger partial charge is 0.480 e. The fraction of sp³-hybridized carbons (Fsp3) is 0.353. The van der Waals surface area contributed by atoms with Crippen molar-refractivity contribution in [1.82, 2.24) is 10.2 Å². The number of carbonyl (C=O) groups excluding carboxylic acids is 2. The van der Waals surface area contributed by atoms with Crippen molar-refractivity contribution >= 4 is 29.0 Å². The first-order valence-electron chi connectivity index (χ1n) is 7.69. The highest BCUT2D eigenvalue weighted by Gasteiger charge is 2.26. The molecular formula is C17H21N3O4. The lowest BCUT2D eigenvalue weighted by Crippen LogP contribution is -2.53. The molecule has 1 saturated heterocycles. The van der Waals surface area contributed by atoms with Crippen molar-refractivity contribution in [2.24, 2.45) is 0 Å². The van der Waals surface area contributed by atoms with Crippen molar-refractivity contribution < 1.29 is 19.5 Å². The van der Waals surface area contributed by atoms with Crippen LogP contribution in [0.1, 0.15) is 12.5 Å². The molecule has 0 aliphatic carbocycles. The number of carboxylic acids is 1. The Hall–Kier alpha value is -2.83. The molecule has 7 heteroatoms. The number of hydrogen-bond donors (Lipinski definition) is 2. The number of para-hydroxylation sites is 1. The summed E-state index contributed by atoms with van der Waals surface area (Å²) in [6.45, 7) is 7.39. The fourth-order valence-electron chi connectivity index (χ4n) is 2.64. The number of amides is 2. The summed E-state index contributed by atoms with van der Waals surface area (Å²) in [5.41, 5.74) is 3.10. The second-order valence-electron chi connectivity index (χ2n) is 5.65. The number of hydrogen-bond acceptors (Lipinski definition) is 4. The maximum absolute atomic E-state index is 12.0. The molecule has 0 bridgehead atoms. The van der Waals surface area contributed by atoms with Gasteiger partial charge in [-0.15, -0.1) is 0 Å². The lowest BCUT2D eigenvalue weighted by molar-refractivity contribution is -0.147. The molecule has 2 N–H and O–H groups in total. The molecule has 1 aromatic rings. The van der Waals surface area contributed by atoms with Crippen LogP contribution in [0.5, 0.6) is 0 Å². The van der Waals surface area contributed by atoms with E-state index in [1.807, 2.05) is 31.2 Å². The Morgan fingerprint density at radius 3 is 2.38 bits per heavy atom. The van der Waals surface area contributed by atoms with Crippen molar-refractivity contribution in [3.63, 3.8) is 0 Å². The Bertz CT molecular complexity index is 664. The van der Waals surface area contributed by atoms with Gasteiger partial charge in [-0.2, -0.15) is 0 Å². The standard InChI is InChI=1S/C17H21N3O4/c1-12(2)13-5-3-4-6-14(13)19-7-9-20(10-8-19)17(24)16(23)18-11-15(21)22/h3-6H,1,7-11H2,2H3,(H,18,23)(H,21,22). The van der Waals surface area contributed by atoms with E-state index in [4.69, 9.17) is 5.11 Å². The van der Waals surface area contributed by atoms with E-state index in [0.29, 0.717) is 26.2 Å². The molecule has 0 radical (unpaired) electrons. The Balaban J connectivity index is 1.96. The molecule has 1 aromatic carbocycles. The van der Waals surface area contributed by atoms with Crippen molar-refractivity contribution in [1.29, 1.82) is 0 Å². The normalized spacial score (nSPS) is 14.2. The number of anilines is 1. The zero-order valence-corrected chi connectivity index (χ0v) is 13.6. The molecule has 128 valence electrons. The number of nitrogens with zero attached hydrogens (tertiary/aromatic N) is 2.